The molecule has 1 N–H and O–H groups in total. The normalized spacial score (nSPS) is 17.3. The van der Waals surface area contributed by atoms with E-state index in [1.165, 1.54) is 0 Å². The minimum atomic E-state index is 0.0772. The maximum Gasteiger partial charge on any atom is 0.137 e. The monoisotopic (exact) mass is 292 g/mol. The molecule has 0 heterocycles. The second-order valence-corrected chi connectivity index (χ2v) is 6.00. The van der Waals surface area contributed by atoms with Crippen molar-refractivity contribution in [3.8, 4) is 11.8 Å². The molecular formula is C16H21ClN2O. The zero-order valence-corrected chi connectivity index (χ0v) is 12.8. The lowest BCUT2D eigenvalue weighted by atomic mass is 10.1. The van der Waals surface area contributed by atoms with E-state index in [2.05, 4.69) is 25.2 Å². The first-order chi connectivity index (χ1) is 9.60. The zero-order valence-electron chi connectivity index (χ0n) is 12.1. The summed E-state index contributed by atoms with van der Waals surface area (Å²) in [6.45, 7) is 5.71. The predicted octanol–water partition coefficient (Wildman–Crippen LogP) is 4.08. The topological polar surface area (TPSA) is 45.0 Å². The molecular weight excluding hydrogens is 272 g/mol. The molecule has 1 unspecified atom stereocenters. The van der Waals surface area contributed by atoms with Gasteiger partial charge in [0.05, 0.1) is 17.7 Å². The van der Waals surface area contributed by atoms with Gasteiger partial charge in [0, 0.05) is 17.9 Å². The second kappa shape index (κ2) is 6.47. The minimum absolute atomic E-state index is 0.0772. The Morgan fingerprint density at radius 2 is 2.25 bits per heavy atom. The van der Waals surface area contributed by atoms with Gasteiger partial charge in [0.1, 0.15) is 5.75 Å². The molecule has 1 aromatic rings. The molecule has 0 saturated heterocycles. The van der Waals surface area contributed by atoms with Crippen molar-refractivity contribution >= 4 is 11.6 Å². The van der Waals surface area contributed by atoms with E-state index >= 15 is 0 Å². The summed E-state index contributed by atoms with van der Waals surface area (Å²) in [4.78, 5) is 0. The van der Waals surface area contributed by atoms with Gasteiger partial charge in [-0.25, -0.2) is 0 Å². The summed E-state index contributed by atoms with van der Waals surface area (Å²) >= 11 is 6.28. The van der Waals surface area contributed by atoms with E-state index < -0.39 is 0 Å². The fourth-order valence-corrected chi connectivity index (χ4v) is 2.52. The van der Waals surface area contributed by atoms with Crippen LogP contribution in [-0.2, 0) is 0 Å². The smallest absolute Gasteiger partial charge is 0.137 e. The van der Waals surface area contributed by atoms with Gasteiger partial charge < -0.3 is 10.1 Å². The summed E-state index contributed by atoms with van der Waals surface area (Å²) in [5, 5.41) is 12.8. The van der Waals surface area contributed by atoms with Crippen LogP contribution in [0.3, 0.4) is 0 Å². The van der Waals surface area contributed by atoms with Gasteiger partial charge in [0.15, 0.2) is 0 Å². The molecule has 1 aliphatic rings. The molecule has 1 fully saturated rings. The highest BCUT2D eigenvalue weighted by Gasteiger charge is 2.43. The largest absolute Gasteiger partial charge is 0.491 e. The van der Waals surface area contributed by atoms with Crippen LogP contribution < -0.4 is 10.1 Å². The van der Waals surface area contributed by atoms with Gasteiger partial charge >= 0.3 is 0 Å². The SMILES string of the molecule is CCNC(C)c1ccc(OCC2(CC#N)CC2)c(Cl)c1. The molecule has 1 atom stereocenters. The van der Waals surface area contributed by atoms with E-state index in [-0.39, 0.29) is 11.5 Å². The summed E-state index contributed by atoms with van der Waals surface area (Å²) in [5.74, 6) is 0.711. The summed E-state index contributed by atoms with van der Waals surface area (Å²) in [7, 11) is 0. The van der Waals surface area contributed by atoms with Gasteiger partial charge in [-0.3, -0.25) is 0 Å². The van der Waals surface area contributed by atoms with Crippen molar-refractivity contribution in [1.82, 2.24) is 5.32 Å². The van der Waals surface area contributed by atoms with E-state index in [1.54, 1.807) is 0 Å². The number of nitrogens with zero attached hydrogens (tertiary/aromatic N) is 1. The van der Waals surface area contributed by atoms with E-state index in [0.29, 0.717) is 23.8 Å². The van der Waals surface area contributed by atoms with Gasteiger partial charge in [-0.2, -0.15) is 5.26 Å². The van der Waals surface area contributed by atoms with Gasteiger partial charge in [-0.05, 0) is 44.0 Å². The highest BCUT2D eigenvalue weighted by atomic mass is 35.5. The number of rotatable bonds is 7. The molecule has 20 heavy (non-hydrogen) atoms. The van der Waals surface area contributed by atoms with Crippen molar-refractivity contribution in [2.24, 2.45) is 5.41 Å². The quantitative estimate of drug-likeness (QED) is 0.823. The first-order valence-corrected chi connectivity index (χ1v) is 7.50. The molecule has 0 aromatic heterocycles. The standard InChI is InChI=1S/C16H21ClN2O/c1-3-19-12(2)13-4-5-15(14(17)10-13)20-11-16(6-7-16)8-9-18/h4-5,10,12,19H,3,6-8,11H2,1-2H3. The second-order valence-electron chi connectivity index (χ2n) is 5.59. The highest BCUT2D eigenvalue weighted by molar-refractivity contribution is 6.32. The maximum atomic E-state index is 8.80. The fourth-order valence-electron chi connectivity index (χ4n) is 2.27. The average molecular weight is 293 g/mol. The number of nitriles is 1. The predicted molar refractivity (Wildman–Crippen MR) is 80.9 cm³/mol. The first kappa shape index (κ1) is 15.2. The Kier molecular flexibility index (Phi) is 4.91. The number of halogens is 1. The third-order valence-electron chi connectivity index (χ3n) is 3.91. The van der Waals surface area contributed by atoms with Crippen molar-refractivity contribution in [1.29, 1.82) is 5.26 Å². The Labute approximate surface area is 125 Å². The molecule has 0 aliphatic heterocycles. The van der Waals surface area contributed by atoms with Gasteiger partial charge in [0.2, 0.25) is 0 Å². The van der Waals surface area contributed by atoms with Crippen molar-refractivity contribution in [3.63, 3.8) is 0 Å². The lowest BCUT2D eigenvalue weighted by molar-refractivity contribution is 0.237. The molecule has 108 valence electrons. The van der Waals surface area contributed by atoms with E-state index in [1.807, 2.05) is 18.2 Å². The van der Waals surface area contributed by atoms with Crippen LogP contribution in [-0.4, -0.2) is 13.2 Å². The first-order valence-electron chi connectivity index (χ1n) is 7.13. The van der Waals surface area contributed by atoms with Crippen molar-refractivity contribution in [2.45, 2.75) is 39.2 Å². The summed E-state index contributed by atoms with van der Waals surface area (Å²) < 4.78 is 5.81. The summed E-state index contributed by atoms with van der Waals surface area (Å²) in [6.07, 6.45) is 2.72. The van der Waals surface area contributed by atoms with Crippen LogP contribution in [0, 0.1) is 16.7 Å². The number of ether oxygens (including phenoxy) is 1. The number of nitrogens with one attached hydrogen (secondary N) is 1. The molecule has 0 amide bonds. The molecule has 1 aliphatic carbocycles. The van der Waals surface area contributed by atoms with Crippen LogP contribution >= 0.6 is 11.6 Å². The van der Waals surface area contributed by atoms with Gasteiger partial charge in [-0.1, -0.05) is 24.6 Å². The Bertz CT molecular complexity index is 506. The molecule has 3 nitrogen and oxygen atoms in total. The third kappa shape index (κ3) is 3.65. The van der Waals surface area contributed by atoms with Gasteiger partial charge in [0.25, 0.3) is 0 Å². The molecule has 0 radical (unpaired) electrons. The summed E-state index contributed by atoms with van der Waals surface area (Å²) in [6, 6.07) is 8.43. The minimum Gasteiger partial charge on any atom is -0.491 e. The Balaban J connectivity index is 1.98. The van der Waals surface area contributed by atoms with Crippen LogP contribution in [0.15, 0.2) is 18.2 Å². The lowest BCUT2D eigenvalue weighted by Crippen LogP contribution is -2.17. The van der Waals surface area contributed by atoms with Crippen molar-refractivity contribution in [2.75, 3.05) is 13.2 Å². The number of hydrogen-bond donors (Lipinski definition) is 1. The molecule has 1 aromatic carbocycles. The van der Waals surface area contributed by atoms with Crippen molar-refractivity contribution < 1.29 is 4.74 Å². The van der Waals surface area contributed by atoms with Crippen molar-refractivity contribution in [3.05, 3.63) is 28.8 Å². The molecule has 0 bridgehead atoms. The van der Waals surface area contributed by atoms with E-state index in [4.69, 9.17) is 21.6 Å². The van der Waals surface area contributed by atoms with Crippen LogP contribution in [0.2, 0.25) is 5.02 Å². The maximum absolute atomic E-state index is 8.80. The van der Waals surface area contributed by atoms with E-state index in [0.717, 1.165) is 24.9 Å². The third-order valence-corrected chi connectivity index (χ3v) is 4.21. The van der Waals surface area contributed by atoms with Crippen LogP contribution in [0.4, 0.5) is 0 Å². The van der Waals surface area contributed by atoms with Crippen LogP contribution in [0.1, 0.15) is 44.7 Å². The molecule has 4 heteroatoms. The Morgan fingerprint density at radius 1 is 1.50 bits per heavy atom. The fraction of sp³-hybridized carbons (Fsp3) is 0.562. The molecule has 1 saturated carbocycles. The number of benzene rings is 1. The van der Waals surface area contributed by atoms with Crippen LogP contribution in [0.25, 0.3) is 0 Å². The van der Waals surface area contributed by atoms with Crippen LogP contribution in [0.5, 0.6) is 5.75 Å². The van der Waals surface area contributed by atoms with E-state index in [9.17, 15) is 0 Å². The Morgan fingerprint density at radius 3 is 2.80 bits per heavy atom. The lowest BCUT2D eigenvalue weighted by Gasteiger charge is -2.17. The Hall–Kier alpha value is -1.24. The molecule has 2 rings (SSSR count). The highest BCUT2D eigenvalue weighted by Crippen LogP contribution is 2.49. The zero-order chi connectivity index (χ0) is 14.6. The summed E-state index contributed by atoms with van der Waals surface area (Å²) in [5.41, 5.74) is 1.23. The average Bonchev–Trinajstić information content (AvgIpc) is 3.18. The molecule has 0 spiro atoms. The van der Waals surface area contributed by atoms with Gasteiger partial charge in [-0.15, -0.1) is 0 Å². The number of hydrogen-bond acceptors (Lipinski definition) is 3.